The highest BCUT2D eigenvalue weighted by Crippen LogP contribution is 2.30. The van der Waals surface area contributed by atoms with Crippen molar-refractivity contribution in [3.05, 3.63) is 30.3 Å². The number of nitrogens with zero attached hydrogens (tertiary/aromatic N) is 5. The zero-order chi connectivity index (χ0) is 20.6. The lowest BCUT2D eigenvalue weighted by Gasteiger charge is -2.27. The molecule has 0 bridgehead atoms. The highest BCUT2D eigenvalue weighted by Gasteiger charge is 2.17. The molecule has 0 unspecified atom stereocenters. The van der Waals surface area contributed by atoms with E-state index in [4.69, 9.17) is 20.4 Å². The van der Waals surface area contributed by atoms with E-state index >= 15 is 0 Å². The molecule has 29 heavy (non-hydrogen) atoms. The van der Waals surface area contributed by atoms with Gasteiger partial charge in [-0.1, -0.05) is 30.3 Å². The number of benzene rings is 1. The van der Waals surface area contributed by atoms with Crippen LogP contribution in [0.15, 0.2) is 30.3 Å². The maximum atomic E-state index is 6.48. The number of morpholine rings is 1. The van der Waals surface area contributed by atoms with Gasteiger partial charge in [-0.3, -0.25) is 4.90 Å². The van der Waals surface area contributed by atoms with Crippen LogP contribution in [0.5, 0.6) is 0 Å². The Hall–Kier alpha value is -2.42. The average molecular weight is 400 g/mol. The van der Waals surface area contributed by atoms with Crippen molar-refractivity contribution in [2.24, 2.45) is 0 Å². The molecule has 0 spiro atoms. The molecule has 3 N–H and O–H groups in total. The molecule has 0 aliphatic carbocycles. The smallest absolute Gasteiger partial charge is 0.164 e. The number of ether oxygens (including phenoxy) is 1. The van der Waals surface area contributed by atoms with Crippen molar-refractivity contribution < 1.29 is 4.74 Å². The van der Waals surface area contributed by atoms with E-state index in [9.17, 15) is 0 Å². The van der Waals surface area contributed by atoms with E-state index in [1.807, 2.05) is 37.4 Å². The molecule has 0 atom stereocenters. The molecule has 1 saturated heterocycles. The second kappa shape index (κ2) is 10.4. The number of aromatic nitrogens is 2. The van der Waals surface area contributed by atoms with E-state index < -0.39 is 0 Å². The minimum atomic E-state index is 0.591. The van der Waals surface area contributed by atoms with Crippen molar-refractivity contribution >= 4 is 17.3 Å². The van der Waals surface area contributed by atoms with Crippen molar-refractivity contribution in [2.75, 3.05) is 89.6 Å². The lowest BCUT2D eigenvalue weighted by molar-refractivity contribution is 0.0398. The van der Waals surface area contributed by atoms with Crippen molar-refractivity contribution in [1.29, 1.82) is 0 Å². The Morgan fingerprint density at radius 2 is 1.79 bits per heavy atom. The van der Waals surface area contributed by atoms with Crippen molar-refractivity contribution in [3.8, 4) is 11.4 Å². The van der Waals surface area contributed by atoms with E-state index in [1.165, 1.54) is 0 Å². The fourth-order valence-electron chi connectivity index (χ4n) is 3.21. The van der Waals surface area contributed by atoms with Gasteiger partial charge in [-0.05, 0) is 14.1 Å². The van der Waals surface area contributed by atoms with Crippen LogP contribution in [0.25, 0.3) is 11.4 Å². The van der Waals surface area contributed by atoms with Gasteiger partial charge in [0.05, 0.1) is 13.2 Å². The molecule has 0 saturated carbocycles. The van der Waals surface area contributed by atoms with Crippen LogP contribution >= 0.6 is 0 Å². The van der Waals surface area contributed by atoms with E-state index in [2.05, 4.69) is 34.1 Å². The fourth-order valence-corrected chi connectivity index (χ4v) is 3.21. The summed E-state index contributed by atoms with van der Waals surface area (Å²) in [5, 5.41) is 3.43. The first-order chi connectivity index (χ1) is 14.0. The second-order valence-corrected chi connectivity index (χ2v) is 7.60. The van der Waals surface area contributed by atoms with Crippen molar-refractivity contribution in [1.82, 2.24) is 19.8 Å². The fraction of sp³-hybridized carbons (Fsp3) is 0.524. The first kappa shape index (κ1) is 21.3. The molecule has 0 amide bonds. The van der Waals surface area contributed by atoms with Gasteiger partial charge in [-0.2, -0.15) is 0 Å². The summed E-state index contributed by atoms with van der Waals surface area (Å²) >= 11 is 0. The number of anilines is 3. The zero-order valence-corrected chi connectivity index (χ0v) is 17.8. The number of nitrogens with one attached hydrogen (secondary N) is 1. The molecule has 1 aliphatic heterocycles. The predicted octanol–water partition coefficient (Wildman–Crippen LogP) is 1.47. The van der Waals surface area contributed by atoms with Crippen molar-refractivity contribution in [2.45, 2.75) is 0 Å². The SMILES string of the molecule is CN(C)CCN(C)c1nc(-c2ccccc2)nc(NCCN2CCOCC2)c1N. The summed E-state index contributed by atoms with van der Waals surface area (Å²) in [6, 6.07) is 10.0. The maximum absolute atomic E-state index is 6.48. The maximum Gasteiger partial charge on any atom is 0.164 e. The highest BCUT2D eigenvalue weighted by molar-refractivity contribution is 5.78. The zero-order valence-electron chi connectivity index (χ0n) is 17.8. The predicted molar refractivity (Wildman–Crippen MR) is 119 cm³/mol. The minimum Gasteiger partial charge on any atom is -0.393 e. The lowest BCUT2D eigenvalue weighted by Crippen LogP contribution is -2.39. The van der Waals surface area contributed by atoms with E-state index in [1.54, 1.807) is 0 Å². The molecule has 1 aromatic heterocycles. The lowest BCUT2D eigenvalue weighted by atomic mass is 10.2. The standard InChI is InChI=1S/C21H33N7O/c1-26(2)11-12-27(3)21-18(22)20(23-9-10-28-13-15-29-16-14-28)24-19(25-21)17-7-5-4-6-8-17/h4-8H,9-16,22H2,1-3H3,(H,23,24,25). The molecular formula is C21H33N7O. The van der Waals surface area contributed by atoms with Gasteiger partial charge in [-0.15, -0.1) is 0 Å². The molecule has 3 rings (SSSR count). The normalized spacial score (nSPS) is 14.9. The van der Waals surface area contributed by atoms with Crippen LogP contribution in [0, 0.1) is 0 Å². The number of likely N-dealkylation sites (N-methyl/N-ethyl adjacent to an activating group) is 2. The monoisotopic (exact) mass is 399 g/mol. The third kappa shape index (κ3) is 6.03. The molecule has 1 fully saturated rings. The summed E-state index contributed by atoms with van der Waals surface area (Å²) in [6.07, 6.45) is 0. The Morgan fingerprint density at radius 3 is 2.48 bits per heavy atom. The van der Waals surface area contributed by atoms with Gasteiger partial charge >= 0.3 is 0 Å². The number of nitrogen functional groups attached to an aromatic ring is 1. The van der Waals surface area contributed by atoms with E-state index in [-0.39, 0.29) is 0 Å². The van der Waals surface area contributed by atoms with E-state index in [0.29, 0.717) is 17.3 Å². The Morgan fingerprint density at radius 1 is 1.07 bits per heavy atom. The topological polar surface area (TPSA) is 82.8 Å². The molecule has 8 nitrogen and oxygen atoms in total. The first-order valence-corrected chi connectivity index (χ1v) is 10.2. The molecule has 0 radical (unpaired) electrons. The summed E-state index contributed by atoms with van der Waals surface area (Å²) in [5.41, 5.74) is 8.05. The molecule has 2 aromatic rings. The highest BCUT2D eigenvalue weighted by atomic mass is 16.5. The van der Waals surface area contributed by atoms with Crippen LogP contribution in [-0.2, 0) is 4.74 Å². The number of rotatable bonds is 9. The third-order valence-corrected chi connectivity index (χ3v) is 5.03. The van der Waals surface area contributed by atoms with Crippen LogP contribution in [0.1, 0.15) is 0 Å². The molecule has 158 valence electrons. The summed E-state index contributed by atoms with van der Waals surface area (Å²) in [4.78, 5) is 16.1. The van der Waals surface area contributed by atoms with Crippen LogP contribution < -0.4 is 16.0 Å². The van der Waals surface area contributed by atoms with Gasteiger partial charge in [-0.25, -0.2) is 9.97 Å². The Balaban J connectivity index is 1.80. The summed E-state index contributed by atoms with van der Waals surface area (Å²) in [5.74, 6) is 2.13. The van der Waals surface area contributed by atoms with Crippen LogP contribution in [0.2, 0.25) is 0 Å². The van der Waals surface area contributed by atoms with Crippen LogP contribution in [-0.4, -0.2) is 93.4 Å². The molecule has 1 aliphatic rings. The molecular weight excluding hydrogens is 366 g/mol. The number of hydrogen-bond donors (Lipinski definition) is 2. The van der Waals surface area contributed by atoms with Crippen molar-refractivity contribution in [3.63, 3.8) is 0 Å². The van der Waals surface area contributed by atoms with Gasteiger partial charge in [0, 0.05) is 51.9 Å². The van der Waals surface area contributed by atoms with Gasteiger partial charge in [0.25, 0.3) is 0 Å². The Labute approximate surface area is 173 Å². The minimum absolute atomic E-state index is 0.591. The number of nitrogens with two attached hydrogens (primary N) is 1. The molecule has 2 heterocycles. The average Bonchev–Trinajstić information content (AvgIpc) is 2.74. The van der Waals surface area contributed by atoms with Crippen LogP contribution in [0.4, 0.5) is 17.3 Å². The van der Waals surface area contributed by atoms with E-state index in [0.717, 1.165) is 63.9 Å². The second-order valence-electron chi connectivity index (χ2n) is 7.60. The molecule has 8 heteroatoms. The van der Waals surface area contributed by atoms with Gasteiger partial charge in [0.2, 0.25) is 0 Å². The Kier molecular flexibility index (Phi) is 7.62. The number of hydrogen-bond acceptors (Lipinski definition) is 8. The summed E-state index contributed by atoms with van der Waals surface area (Å²) in [6.45, 7) is 6.98. The van der Waals surface area contributed by atoms with Crippen LogP contribution in [0.3, 0.4) is 0 Å². The largest absolute Gasteiger partial charge is 0.393 e. The quantitative estimate of drug-likeness (QED) is 0.656. The summed E-state index contributed by atoms with van der Waals surface area (Å²) in [7, 11) is 6.14. The Bertz CT molecular complexity index is 763. The third-order valence-electron chi connectivity index (χ3n) is 5.03. The van der Waals surface area contributed by atoms with Gasteiger partial charge in [0.15, 0.2) is 17.5 Å². The summed E-state index contributed by atoms with van der Waals surface area (Å²) < 4.78 is 5.42. The van der Waals surface area contributed by atoms with Gasteiger partial charge in [0.1, 0.15) is 5.69 Å². The van der Waals surface area contributed by atoms with Gasteiger partial charge < -0.3 is 25.6 Å². The first-order valence-electron chi connectivity index (χ1n) is 10.2. The molecule has 1 aromatic carbocycles.